The molecule has 1 aliphatic heterocycles. The predicted molar refractivity (Wildman–Crippen MR) is 101 cm³/mol. The second-order valence-corrected chi connectivity index (χ2v) is 9.70. The Morgan fingerprint density at radius 3 is 2.26 bits per heavy atom. The molecule has 2 amide bonds. The Labute approximate surface area is 160 Å². The van der Waals surface area contributed by atoms with Crippen LogP contribution in [0.1, 0.15) is 68.3 Å². The number of hydrogen-bond donors (Lipinski definition) is 1. The molecule has 1 aromatic heterocycles. The second kappa shape index (κ2) is 6.68. The standard InChI is InChI=1S/C22H30N2O3/c25-20(14-22-11-15-8-16(12-22)10-17(9-15)13-22)24-5-3-18(4-6-24)23-21(26)19-2-1-7-27-19/h1-2,7,15-18H,3-6,8-14H2,(H,23,26). The number of carbonyl (C=O) groups excluding carboxylic acids is 2. The predicted octanol–water partition coefficient (Wildman–Crippen LogP) is 3.61. The van der Waals surface area contributed by atoms with E-state index < -0.39 is 0 Å². The minimum atomic E-state index is -0.154. The van der Waals surface area contributed by atoms with Crippen molar-refractivity contribution in [2.45, 2.75) is 63.8 Å². The molecule has 5 nitrogen and oxygen atoms in total. The Morgan fingerprint density at radius 2 is 1.70 bits per heavy atom. The largest absolute Gasteiger partial charge is 0.459 e. The van der Waals surface area contributed by atoms with Crippen LogP contribution in [0.15, 0.2) is 22.8 Å². The molecule has 6 rings (SSSR count). The fraction of sp³-hybridized carbons (Fsp3) is 0.727. The van der Waals surface area contributed by atoms with Gasteiger partial charge in [-0.1, -0.05) is 0 Å². The smallest absolute Gasteiger partial charge is 0.287 e. The Bertz CT molecular complexity index is 668. The van der Waals surface area contributed by atoms with Gasteiger partial charge in [0.1, 0.15) is 0 Å². The topological polar surface area (TPSA) is 62.6 Å². The van der Waals surface area contributed by atoms with E-state index in [1.807, 2.05) is 4.90 Å². The SMILES string of the molecule is O=C(NC1CCN(C(=O)CC23CC4CC(CC(C4)C2)C3)CC1)c1ccco1. The highest BCUT2D eigenvalue weighted by Crippen LogP contribution is 2.61. The fourth-order valence-corrected chi connectivity index (χ4v) is 6.88. The van der Waals surface area contributed by atoms with Gasteiger partial charge in [0, 0.05) is 25.6 Å². The van der Waals surface area contributed by atoms with E-state index in [1.54, 1.807) is 12.1 Å². The molecule has 4 saturated carbocycles. The first-order chi connectivity index (χ1) is 13.1. The molecule has 0 spiro atoms. The maximum atomic E-state index is 13.0. The fourth-order valence-electron chi connectivity index (χ4n) is 6.88. The third kappa shape index (κ3) is 3.41. The van der Waals surface area contributed by atoms with E-state index in [1.165, 1.54) is 44.8 Å². The summed E-state index contributed by atoms with van der Waals surface area (Å²) in [6.07, 6.45) is 12.1. The van der Waals surface area contributed by atoms with E-state index in [0.29, 0.717) is 17.1 Å². The minimum absolute atomic E-state index is 0.131. The number of nitrogens with zero attached hydrogens (tertiary/aromatic N) is 1. The van der Waals surface area contributed by atoms with E-state index in [9.17, 15) is 9.59 Å². The van der Waals surface area contributed by atoms with Gasteiger partial charge >= 0.3 is 0 Å². The van der Waals surface area contributed by atoms with Crippen molar-refractivity contribution in [1.82, 2.24) is 10.2 Å². The van der Waals surface area contributed by atoms with Crippen LogP contribution in [0.3, 0.4) is 0 Å². The highest BCUT2D eigenvalue weighted by atomic mass is 16.3. The summed E-state index contributed by atoms with van der Waals surface area (Å²) in [5.41, 5.74) is 0.316. The molecular formula is C22H30N2O3. The molecule has 0 aromatic carbocycles. The van der Waals surface area contributed by atoms with Crippen LogP contribution in [0.25, 0.3) is 0 Å². The Balaban J connectivity index is 1.13. The van der Waals surface area contributed by atoms with Crippen LogP contribution in [0.4, 0.5) is 0 Å². The number of carbonyl (C=O) groups is 2. The Hall–Kier alpha value is -1.78. The number of hydrogen-bond acceptors (Lipinski definition) is 3. The van der Waals surface area contributed by atoms with Gasteiger partial charge in [-0.05, 0) is 86.7 Å². The number of piperidine rings is 1. The molecular weight excluding hydrogens is 340 g/mol. The van der Waals surface area contributed by atoms with Gasteiger partial charge in [-0.3, -0.25) is 9.59 Å². The van der Waals surface area contributed by atoms with Gasteiger partial charge in [0.25, 0.3) is 5.91 Å². The molecule has 1 saturated heterocycles. The lowest BCUT2D eigenvalue weighted by atomic mass is 9.49. The summed E-state index contributed by atoms with van der Waals surface area (Å²) in [6.45, 7) is 1.52. The first kappa shape index (κ1) is 17.3. The summed E-state index contributed by atoms with van der Waals surface area (Å²) in [7, 11) is 0. The van der Waals surface area contributed by atoms with Gasteiger partial charge in [-0.25, -0.2) is 0 Å². The van der Waals surface area contributed by atoms with Gasteiger partial charge in [0.05, 0.1) is 6.26 Å². The van der Waals surface area contributed by atoms with Gasteiger partial charge in [0.2, 0.25) is 5.91 Å². The lowest BCUT2D eigenvalue weighted by Crippen LogP contribution is -2.50. The van der Waals surface area contributed by atoms with Crippen LogP contribution in [0, 0.1) is 23.2 Å². The number of furan rings is 1. The summed E-state index contributed by atoms with van der Waals surface area (Å²) in [4.78, 5) is 27.2. The van der Waals surface area contributed by atoms with Gasteiger partial charge in [-0.2, -0.15) is 0 Å². The van der Waals surface area contributed by atoms with E-state index in [4.69, 9.17) is 4.42 Å². The highest BCUT2D eigenvalue weighted by Gasteiger charge is 2.51. The monoisotopic (exact) mass is 370 g/mol. The quantitative estimate of drug-likeness (QED) is 0.881. The van der Waals surface area contributed by atoms with Crippen molar-refractivity contribution < 1.29 is 14.0 Å². The normalized spacial score (nSPS) is 35.4. The highest BCUT2D eigenvalue weighted by molar-refractivity contribution is 5.91. The number of amides is 2. The van der Waals surface area contributed by atoms with Crippen LogP contribution in [-0.4, -0.2) is 35.8 Å². The number of nitrogens with one attached hydrogen (secondary N) is 1. The third-order valence-electron chi connectivity index (χ3n) is 7.62. The average Bonchev–Trinajstić information content (AvgIpc) is 3.15. The molecule has 5 aliphatic rings. The van der Waals surface area contributed by atoms with Gasteiger partial charge in [0.15, 0.2) is 5.76 Å². The van der Waals surface area contributed by atoms with Crippen molar-refractivity contribution in [3.05, 3.63) is 24.2 Å². The Morgan fingerprint density at radius 1 is 1.07 bits per heavy atom. The zero-order chi connectivity index (χ0) is 18.4. The van der Waals surface area contributed by atoms with Crippen LogP contribution in [0.2, 0.25) is 0 Å². The molecule has 2 heterocycles. The molecule has 27 heavy (non-hydrogen) atoms. The molecule has 0 atom stereocenters. The number of likely N-dealkylation sites (tertiary alicyclic amines) is 1. The molecule has 4 aliphatic carbocycles. The maximum absolute atomic E-state index is 13.0. The molecule has 4 bridgehead atoms. The molecule has 0 unspecified atom stereocenters. The molecule has 5 fully saturated rings. The van der Waals surface area contributed by atoms with Gasteiger partial charge in [-0.15, -0.1) is 0 Å². The van der Waals surface area contributed by atoms with Gasteiger partial charge < -0.3 is 14.6 Å². The van der Waals surface area contributed by atoms with Crippen LogP contribution < -0.4 is 5.32 Å². The number of rotatable bonds is 4. The van der Waals surface area contributed by atoms with Crippen LogP contribution in [-0.2, 0) is 4.79 Å². The lowest BCUT2D eigenvalue weighted by Gasteiger charge is -2.57. The summed E-state index contributed by atoms with van der Waals surface area (Å²) in [6, 6.07) is 3.53. The van der Waals surface area contributed by atoms with E-state index >= 15 is 0 Å². The zero-order valence-electron chi connectivity index (χ0n) is 16.0. The molecule has 1 aromatic rings. The maximum Gasteiger partial charge on any atom is 0.287 e. The lowest BCUT2D eigenvalue weighted by molar-refractivity contribution is -0.140. The molecule has 0 radical (unpaired) electrons. The summed E-state index contributed by atoms with van der Waals surface area (Å²) in [5, 5.41) is 3.04. The van der Waals surface area contributed by atoms with E-state index in [-0.39, 0.29) is 11.9 Å². The van der Waals surface area contributed by atoms with Crippen LogP contribution >= 0.6 is 0 Å². The summed E-state index contributed by atoms with van der Waals surface area (Å²) < 4.78 is 5.15. The van der Waals surface area contributed by atoms with Crippen molar-refractivity contribution in [3.63, 3.8) is 0 Å². The van der Waals surface area contributed by atoms with Crippen LogP contribution in [0.5, 0.6) is 0 Å². The van der Waals surface area contributed by atoms with Crippen molar-refractivity contribution >= 4 is 11.8 Å². The van der Waals surface area contributed by atoms with E-state index in [0.717, 1.165) is 50.1 Å². The van der Waals surface area contributed by atoms with Crippen molar-refractivity contribution in [3.8, 4) is 0 Å². The first-order valence-corrected chi connectivity index (χ1v) is 10.7. The molecule has 1 N–H and O–H groups in total. The summed E-state index contributed by atoms with van der Waals surface area (Å²) in [5.74, 6) is 3.24. The van der Waals surface area contributed by atoms with Crippen molar-refractivity contribution in [1.29, 1.82) is 0 Å². The van der Waals surface area contributed by atoms with E-state index in [2.05, 4.69) is 5.32 Å². The first-order valence-electron chi connectivity index (χ1n) is 10.7. The van der Waals surface area contributed by atoms with Crippen molar-refractivity contribution in [2.24, 2.45) is 23.2 Å². The molecule has 146 valence electrons. The minimum Gasteiger partial charge on any atom is -0.459 e. The second-order valence-electron chi connectivity index (χ2n) is 9.70. The zero-order valence-corrected chi connectivity index (χ0v) is 16.0. The molecule has 5 heteroatoms. The Kier molecular flexibility index (Phi) is 4.29. The summed E-state index contributed by atoms with van der Waals surface area (Å²) >= 11 is 0. The third-order valence-corrected chi connectivity index (χ3v) is 7.62. The van der Waals surface area contributed by atoms with Crippen molar-refractivity contribution in [2.75, 3.05) is 13.1 Å². The average molecular weight is 370 g/mol.